The first-order valence-corrected chi connectivity index (χ1v) is 7.66. The second kappa shape index (κ2) is 5.72. The van der Waals surface area contributed by atoms with Crippen molar-refractivity contribution in [2.75, 3.05) is 5.73 Å². The number of benzene rings is 2. The molecular weight excluding hydrogens is 292 g/mol. The van der Waals surface area contributed by atoms with Crippen molar-refractivity contribution < 1.29 is 18.3 Å². The van der Waals surface area contributed by atoms with Gasteiger partial charge in [0, 0.05) is 17.3 Å². The lowest BCUT2D eigenvalue weighted by atomic mass is 10.2. The highest BCUT2D eigenvalue weighted by molar-refractivity contribution is 7.89. The van der Waals surface area contributed by atoms with E-state index in [1.165, 1.54) is 12.1 Å². The average Bonchev–Trinajstić information content (AvgIpc) is 2.42. The molecule has 0 spiro atoms. The fourth-order valence-corrected chi connectivity index (χ4v) is 2.70. The molecule has 0 saturated heterocycles. The number of aliphatic hydroxyl groups is 1. The molecule has 0 saturated carbocycles. The highest BCUT2D eigenvalue weighted by Crippen LogP contribution is 2.31. The van der Waals surface area contributed by atoms with Gasteiger partial charge in [-0.3, -0.25) is 0 Å². The molecule has 0 amide bonds. The van der Waals surface area contributed by atoms with Gasteiger partial charge in [-0.1, -0.05) is 12.1 Å². The normalized spacial score (nSPS) is 11.4. The number of ether oxygens (including phenoxy) is 1. The SMILES string of the molecule is Cc1c(Oc2ccc(CO)cc2)cc(N)cc1S(N)(=O)=O. The Bertz CT molecular complexity index is 755. The molecule has 2 aromatic rings. The second-order valence-corrected chi connectivity index (χ2v) is 6.12. The molecule has 2 rings (SSSR count). The lowest BCUT2D eigenvalue weighted by Crippen LogP contribution is -2.14. The Labute approximate surface area is 123 Å². The Hall–Kier alpha value is -2.09. The zero-order valence-electron chi connectivity index (χ0n) is 11.4. The minimum Gasteiger partial charge on any atom is -0.457 e. The first kappa shape index (κ1) is 15.3. The molecule has 0 bridgehead atoms. The molecule has 0 heterocycles. The number of sulfonamides is 1. The lowest BCUT2D eigenvalue weighted by Gasteiger charge is -2.13. The zero-order valence-corrected chi connectivity index (χ0v) is 12.2. The minimum absolute atomic E-state index is 0.0623. The summed E-state index contributed by atoms with van der Waals surface area (Å²) < 4.78 is 28.7. The molecule has 0 aliphatic carbocycles. The van der Waals surface area contributed by atoms with Gasteiger partial charge in [0.25, 0.3) is 0 Å². The highest BCUT2D eigenvalue weighted by Gasteiger charge is 2.16. The first-order valence-electron chi connectivity index (χ1n) is 6.12. The van der Waals surface area contributed by atoms with Crippen LogP contribution in [0.15, 0.2) is 41.3 Å². The summed E-state index contributed by atoms with van der Waals surface area (Å²) in [4.78, 5) is -0.0653. The molecule has 0 aromatic heterocycles. The summed E-state index contributed by atoms with van der Waals surface area (Å²) in [5, 5.41) is 14.1. The van der Waals surface area contributed by atoms with Gasteiger partial charge < -0.3 is 15.6 Å². The topological polar surface area (TPSA) is 116 Å². The average molecular weight is 308 g/mol. The Balaban J connectivity index is 2.42. The van der Waals surface area contributed by atoms with E-state index in [9.17, 15) is 8.42 Å². The predicted octanol–water partition coefficient (Wildman–Crippen LogP) is 1.51. The van der Waals surface area contributed by atoms with Crippen LogP contribution in [0.25, 0.3) is 0 Å². The van der Waals surface area contributed by atoms with Crippen molar-refractivity contribution in [1.82, 2.24) is 0 Å². The molecule has 7 heteroatoms. The van der Waals surface area contributed by atoms with E-state index < -0.39 is 10.0 Å². The van der Waals surface area contributed by atoms with Crippen molar-refractivity contribution in [2.24, 2.45) is 5.14 Å². The van der Waals surface area contributed by atoms with Crippen molar-refractivity contribution in [2.45, 2.75) is 18.4 Å². The third-order valence-corrected chi connectivity index (χ3v) is 4.01. The number of aliphatic hydroxyl groups excluding tert-OH is 1. The van der Waals surface area contributed by atoms with Crippen molar-refractivity contribution in [3.63, 3.8) is 0 Å². The van der Waals surface area contributed by atoms with Crippen molar-refractivity contribution >= 4 is 15.7 Å². The van der Waals surface area contributed by atoms with Crippen LogP contribution in [0.3, 0.4) is 0 Å². The van der Waals surface area contributed by atoms with Crippen molar-refractivity contribution in [1.29, 1.82) is 0 Å². The molecule has 6 nitrogen and oxygen atoms in total. The van der Waals surface area contributed by atoms with Crippen LogP contribution >= 0.6 is 0 Å². The summed E-state index contributed by atoms with van der Waals surface area (Å²) in [6.07, 6.45) is 0. The fraction of sp³-hybridized carbons (Fsp3) is 0.143. The standard InChI is InChI=1S/C14H16N2O4S/c1-9-13(6-11(15)7-14(9)21(16,18)19)20-12-4-2-10(8-17)3-5-12/h2-7,17H,8,15H2,1H3,(H2,16,18,19). The number of nitrogens with two attached hydrogens (primary N) is 2. The molecule has 5 N–H and O–H groups in total. The van der Waals surface area contributed by atoms with E-state index in [-0.39, 0.29) is 17.2 Å². The molecule has 0 unspecified atom stereocenters. The molecule has 0 atom stereocenters. The van der Waals surface area contributed by atoms with Gasteiger partial charge in [-0.15, -0.1) is 0 Å². The summed E-state index contributed by atoms with van der Waals surface area (Å²) >= 11 is 0. The van der Waals surface area contributed by atoms with E-state index in [1.54, 1.807) is 31.2 Å². The Morgan fingerprint density at radius 2 is 1.81 bits per heavy atom. The van der Waals surface area contributed by atoms with Gasteiger partial charge in [0.2, 0.25) is 10.0 Å². The molecule has 0 fully saturated rings. The van der Waals surface area contributed by atoms with E-state index in [2.05, 4.69) is 0 Å². The number of nitrogen functional groups attached to an aromatic ring is 1. The highest BCUT2D eigenvalue weighted by atomic mass is 32.2. The maximum absolute atomic E-state index is 11.5. The quantitative estimate of drug-likeness (QED) is 0.740. The predicted molar refractivity (Wildman–Crippen MR) is 79.4 cm³/mol. The molecule has 0 radical (unpaired) electrons. The van der Waals surface area contributed by atoms with Crippen molar-refractivity contribution in [3.8, 4) is 11.5 Å². The van der Waals surface area contributed by atoms with Crippen LogP contribution in [0.5, 0.6) is 11.5 Å². The number of hydrogen-bond acceptors (Lipinski definition) is 5. The number of rotatable bonds is 4. The molecule has 112 valence electrons. The van der Waals surface area contributed by atoms with E-state index in [1.807, 2.05) is 0 Å². The molecule has 0 aliphatic heterocycles. The maximum atomic E-state index is 11.5. The monoisotopic (exact) mass is 308 g/mol. The van der Waals surface area contributed by atoms with Crippen LogP contribution in [-0.4, -0.2) is 13.5 Å². The molecule has 2 aromatic carbocycles. The van der Waals surface area contributed by atoms with Gasteiger partial charge in [-0.25, -0.2) is 13.6 Å². The van der Waals surface area contributed by atoms with E-state index in [0.717, 1.165) is 5.56 Å². The summed E-state index contributed by atoms with van der Waals surface area (Å²) in [6.45, 7) is 1.53. The Kier molecular flexibility index (Phi) is 4.17. The van der Waals surface area contributed by atoms with Gasteiger partial charge >= 0.3 is 0 Å². The number of anilines is 1. The van der Waals surface area contributed by atoms with Gasteiger partial charge in [-0.05, 0) is 30.7 Å². The van der Waals surface area contributed by atoms with Crippen LogP contribution in [-0.2, 0) is 16.6 Å². The van der Waals surface area contributed by atoms with E-state index in [4.69, 9.17) is 20.7 Å². The second-order valence-electron chi connectivity index (χ2n) is 4.59. The van der Waals surface area contributed by atoms with Crippen LogP contribution in [0.1, 0.15) is 11.1 Å². The Morgan fingerprint density at radius 1 is 1.19 bits per heavy atom. The van der Waals surface area contributed by atoms with Crippen LogP contribution < -0.4 is 15.6 Å². The van der Waals surface area contributed by atoms with Gasteiger partial charge in [0.05, 0.1) is 11.5 Å². The maximum Gasteiger partial charge on any atom is 0.238 e. The van der Waals surface area contributed by atoms with Crippen molar-refractivity contribution in [3.05, 3.63) is 47.5 Å². The molecular formula is C14H16N2O4S. The lowest BCUT2D eigenvalue weighted by molar-refractivity contribution is 0.281. The molecule has 21 heavy (non-hydrogen) atoms. The summed E-state index contributed by atoms with van der Waals surface area (Å²) in [5.41, 5.74) is 7.07. The summed E-state index contributed by atoms with van der Waals surface area (Å²) in [5.74, 6) is 0.817. The Morgan fingerprint density at radius 3 is 2.33 bits per heavy atom. The van der Waals surface area contributed by atoms with Crippen LogP contribution in [0, 0.1) is 6.92 Å². The third-order valence-electron chi connectivity index (χ3n) is 2.97. The van der Waals surface area contributed by atoms with E-state index >= 15 is 0 Å². The third kappa shape index (κ3) is 3.52. The largest absolute Gasteiger partial charge is 0.457 e. The smallest absolute Gasteiger partial charge is 0.238 e. The molecule has 0 aliphatic rings. The zero-order chi connectivity index (χ0) is 15.6. The minimum atomic E-state index is -3.87. The fourth-order valence-electron chi connectivity index (χ4n) is 1.87. The number of primary sulfonamides is 1. The summed E-state index contributed by atoms with van der Waals surface area (Å²) in [7, 11) is -3.87. The van der Waals surface area contributed by atoms with Crippen LogP contribution in [0.4, 0.5) is 5.69 Å². The van der Waals surface area contributed by atoms with Crippen LogP contribution in [0.2, 0.25) is 0 Å². The van der Waals surface area contributed by atoms with Gasteiger partial charge in [-0.2, -0.15) is 0 Å². The van der Waals surface area contributed by atoms with Gasteiger partial charge in [0.1, 0.15) is 11.5 Å². The first-order chi connectivity index (χ1) is 9.81. The summed E-state index contributed by atoms with van der Waals surface area (Å²) in [6, 6.07) is 9.58. The van der Waals surface area contributed by atoms with E-state index in [0.29, 0.717) is 17.1 Å². The van der Waals surface area contributed by atoms with Gasteiger partial charge in [0.15, 0.2) is 0 Å². The number of hydrogen-bond donors (Lipinski definition) is 3.